The van der Waals surface area contributed by atoms with Gasteiger partial charge in [0, 0.05) is 19.3 Å². The van der Waals surface area contributed by atoms with Crippen LogP contribution < -0.4 is 0 Å². The summed E-state index contributed by atoms with van der Waals surface area (Å²) in [5.41, 5.74) is 0. The van der Waals surface area contributed by atoms with E-state index < -0.39 is 6.10 Å². The third-order valence-corrected chi connectivity index (χ3v) is 16.6. The lowest BCUT2D eigenvalue weighted by atomic mass is 10.0. The second-order valence-electron chi connectivity index (χ2n) is 24.9. The number of hydrogen-bond acceptors (Lipinski definition) is 6. The van der Waals surface area contributed by atoms with Gasteiger partial charge in [-0.1, -0.05) is 353 Å². The standard InChI is InChI=1S/C75H140O6/c1-4-7-10-13-16-19-22-25-28-30-32-34-35-36-37-38-39-40-42-43-45-47-50-53-56-59-62-65-68-74(77)80-71-72(70-79-73(76)67-64-61-58-55-52-49-27-24-21-18-15-12-9-6-3)81-75(78)69-66-63-60-57-54-51-48-46-44-41-33-31-29-26-23-20-17-14-11-8-5-2/h15,18,24,27,31,33,72H,4-14,16-17,19-23,25-26,28-30,32,34-71H2,1-3H3/b18-15-,27-24-,33-31-. The Kier molecular flexibility index (Phi) is 68.1. The molecule has 0 saturated carbocycles. The highest BCUT2D eigenvalue weighted by Gasteiger charge is 2.19. The molecule has 1 atom stereocenters. The third kappa shape index (κ3) is 68.3. The van der Waals surface area contributed by atoms with Gasteiger partial charge in [0.2, 0.25) is 0 Å². The summed E-state index contributed by atoms with van der Waals surface area (Å²) in [5, 5.41) is 0. The van der Waals surface area contributed by atoms with Crippen molar-refractivity contribution in [2.75, 3.05) is 13.2 Å². The van der Waals surface area contributed by atoms with Crippen molar-refractivity contribution in [1.29, 1.82) is 0 Å². The average Bonchev–Trinajstić information content (AvgIpc) is 3.47. The Hall–Kier alpha value is -2.37. The summed E-state index contributed by atoms with van der Waals surface area (Å²) in [4.78, 5) is 38.4. The fraction of sp³-hybridized carbons (Fsp3) is 0.880. The predicted molar refractivity (Wildman–Crippen MR) is 353 cm³/mol. The molecule has 0 aliphatic carbocycles. The zero-order chi connectivity index (χ0) is 58.5. The van der Waals surface area contributed by atoms with Crippen molar-refractivity contribution in [3.63, 3.8) is 0 Å². The molecule has 0 aliphatic heterocycles. The van der Waals surface area contributed by atoms with E-state index in [1.807, 2.05) is 0 Å². The lowest BCUT2D eigenvalue weighted by molar-refractivity contribution is -0.167. The Morgan fingerprint density at radius 2 is 0.457 bits per heavy atom. The first kappa shape index (κ1) is 78.6. The van der Waals surface area contributed by atoms with Crippen LogP contribution in [-0.2, 0) is 28.6 Å². The van der Waals surface area contributed by atoms with Crippen LogP contribution in [0, 0.1) is 0 Å². The number of carbonyl (C=O) groups excluding carboxylic acids is 3. The lowest BCUT2D eigenvalue weighted by Gasteiger charge is -2.18. The number of rotatable bonds is 68. The van der Waals surface area contributed by atoms with Crippen LogP contribution in [0.5, 0.6) is 0 Å². The van der Waals surface area contributed by atoms with E-state index in [1.165, 1.54) is 289 Å². The van der Waals surface area contributed by atoms with Crippen LogP contribution in [-0.4, -0.2) is 37.2 Å². The number of allylic oxidation sites excluding steroid dienone is 6. The molecule has 81 heavy (non-hydrogen) atoms. The Labute approximate surface area is 506 Å². The van der Waals surface area contributed by atoms with Gasteiger partial charge in [0.1, 0.15) is 13.2 Å². The SMILES string of the molecule is CCCC/C=C\C/C=C\CCCCCCCC(=O)OCC(COC(=O)CCCCCCCCCCCCCCCCCCCCCCCCCCCCCC)OC(=O)CCCCCCCCCCC/C=C\CCCCCCCCCC. The van der Waals surface area contributed by atoms with E-state index in [4.69, 9.17) is 14.2 Å². The van der Waals surface area contributed by atoms with Crippen LogP contribution in [0.2, 0.25) is 0 Å². The summed E-state index contributed by atoms with van der Waals surface area (Å²) in [6.07, 6.45) is 87.6. The van der Waals surface area contributed by atoms with Crippen LogP contribution >= 0.6 is 0 Å². The van der Waals surface area contributed by atoms with Gasteiger partial charge in [-0.25, -0.2) is 0 Å². The van der Waals surface area contributed by atoms with Gasteiger partial charge in [0.15, 0.2) is 6.10 Å². The van der Waals surface area contributed by atoms with Crippen molar-refractivity contribution >= 4 is 17.9 Å². The maximum Gasteiger partial charge on any atom is 0.306 e. The molecule has 476 valence electrons. The van der Waals surface area contributed by atoms with Crippen molar-refractivity contribution in [3.05, 3.63) is 36.5 Å². The van der Waals surface area contributed by atoms with Gasteiger partial charge in [0.25, 0.3) is 0 Å². The highest BCUT2D eigenvalue weighted by molar-refractivity contribution is 5.71. The van der Waals surface area contributed by atoms with Gasteiger partial charge < -0.3 is 14.2 Å². The summed E-state index contributed by atoms with van der Waals surface area (Å²) >= 11 is 0. The van der Waals surface area contributed by atoms with E-state index in [0.717, 1.165) is 77.0 Å². The molecule has 0 bridgehead atoms. The Morgan fingerprint density at radius 1 is 0.247 bits per heavy atom. The molecule has 6 heteroatoms. The van der Waals surface area contributed by atoms with Crippen LogP contribution in [0.3, 0.4) is 0 Å². The molecule has 0 N–H and O–H groups in total. The summed E-state index contributed by atoms with van der Waals surface area (Å²) in [5.74, 6) is -0.861. The summed E-state index contributed by atoms with van der Waals surface area (Å²) in [6.45, 7) is 6.66. The fourth-order valence-electron chi connectivity index (χ4n) is 11.1. The molecule has 0 heterocycles. The maximum atomic E-state index is 13.0. The van der Waals surface area contributed by atoms with Crippen molar-refractivity contribution in [2.24, 2.45) is 0 Å². The summed E-state index contributed by atoms with van der Waals surface area (Å²) < 4.78 is 17.0. The number of carbonyl (C=O) groups is 3. The minimum Gasteiger partial charge on any atom is -0.462 e. The van der Waals surface area contributed by atoms with E-state index in [-0.39, 0.29) is 31.1 Å². The Bertz CT molecular complexity index is 1350. The Morgan fingerprint density at radius 3 is 0.728 bits per heavy atom. The molecule has 0 rings (SSSR count). The molecule has 0 saturated heterocycles. The maximum absolute atomic E-state index is 13.0. The second kappa shape index (κ2) is 70.1. The third-order valence-electron chi connectivity index (χ3n) is 16.6. The molecule has 0 radical (unpaired) electrons. The minimum atomic E-state index is -0.778. The van der Waals surface area contributed by atoms with Crippen LogP contribution in [0.15, 0.2) is 36.5 Å². The smallest absolute Gasteiger partial charge is 0.306 e. The van der Waals surface area contributed by atoms with E-state index >= 15 is 0 Å². The summed E-state index contributed by atoms with van der Waals surface area (Å²) in [7, 11) is 0. The Balaban J connectivity index is 4.21. The molecule has 0 fully saturated rings. The molecule has 0 spiro atoms. The predicted octanol–water partition coefficient (Wildman–Crippen LogP) is 25.1. The van der Waals surface area contributed by atoms with Gasteiger partial charge in [-0.05, 0) is 70.6 Å². The molecule has 0 aromatic rings. The van der Waals surface area contributed by atoms with Gasteiger partial charge >= 0.3 is 17.9 Å². The van der Waals surface area contributed by atoms with Gasteiger partial charge in [-0.15, -0.1) is 0 Å². The first-order valence-electron chi connectivity index (χ1n) is 36.5. The molecular formula is C75H140O6. The number of ether oxygens (including phenoxy) is 3. The molecule has 1 unspecified atom stereocenters. The van der Waals surface area contributed by atoms with E-state index in [9.17, 15) is 14.4 Å². The van der Waals surface area contributed by atoms with Crippen molar-refractivity contribution in [2.45, 2.75) is 412 Å². The average molecular weight is 1140 g/mol. The largest absolute Gasteiger partial charge is 0.462 e. The van der Waals surface area contributed by atoms with E-state index in [0.29, 0.717) is 19.3 Å². The first-order chi connectivity index (χ1) is 40.0. The molecule has 6 nitrogen and oxygen atoms in total. The van der Waals surface area contributed by atoms with Crippen molar-refractivity contribution in [3.8, 4) is 0 Å². The van der Waals surface area contributed by atoms with Gasteiger partial charge in [-0.2, -0.15) is 0 Å². The lowest BCUT2D eigenvalue weighted by Crippen LogP contribution is -2.30. The number of esters is 3. The van der Waals surface area contributed by atoms with E-state index in [2.05, 4.69) is 57.2 Å². The zero-order valence-corrected chi connectivity index (χ0v) is 54.8. The van der Waals surface area contributed by atoms with Crippen molar-refractivity contribution < 1.29 is 28.6 Å². The molecule has 0 aliphatic rings. The highest BCUT2D eigenvalue weighted by Crippen LogP contribution is 2.19. The second-order valence-corrected chi connectivity index (χ2v) is 24.9. The fourth-order valence-corrected chi connectivity index (χ4v) is 11.1. The molecule has 0 aromatic heterocycles. The minimum absolute atomic E-state index is 0.0728. The van der Waals surface area contributed by atoms with Gasteiger partial charge in [-0.3, -0.25) is 14.4 Å². The zero-order valence-electron chi connectivity index (χ0n) is 54.8. The molecular weight excluding hydrogens is 997 g/mol. The van der Waals surface area contributed by atoms with Crippen LogP contribution in [0.1, 0.15) is 406 Å². The first-order valence-corrected chi connectivity index (χ1v) is 36.5. The quantitative estimate of drug-likeness (QED) is 0.0261. The summed E-state index contributed by atoms with van der Waals surface area (Å²) in [6, 6.07) is 0. The molecule has 0 aromatic carbocycles. The van der Waals surface area contributed by atoms with Crippen LogP contribution in [0.4, 0.5) is 0 Å². The normalized spacial score (nSPS) is 12.2. The molecule has 0 amide bonds. The number of hydrogen-bond donors (Lipinski definition) is 0. The highest BCUT2D eigenvalue weighted by atomic mass is 16.6. The van der Waals surface area contributed by atoms with Crippen LogP contribution in [0.25, 0.3) is 0 Å². The topological polar surface area (TPSA) is 78.9 Å². The monoisotopic (exact) mass is 1140 g/mol. The van der Waals surface area contributed by atoms with E-state index in [1.54, 1.807) is 0 Å². The van der Waals surface area contributed by atoms with Crippen molar-refractivity contribution in [1.82, 2.24) is 0 Å². The number of unbranched alkanes of at least 4 members (excludes halogenated alkanes) is 51. The van der Waals surface area contributed by atoms with Gasteiger partial charge in [0.05, 0.1) is 0 Å².